The maximum absolute atomic E-state index is 12.4. The molecule has 0 saturated carbocycles. The summed E-state index contributed by atoms with van der Waals surface area (Å²) in [4.78, 5) is 10.8. The second kappa shape index (κ2) is 7.52. The average molecular weight is 339 g/mol. The Kier molecular flexibility index (Phi) is 5.68. The molecule has 2 atom stereocenters. The van der Waals surface area contributed by atoms with Crippen LogP contribution in [0.4, 0.5) is 0 Å². The van der Waals surface area contributed by atoms with Crippen LogP contribution in [-0.2, 0) is 24.3 Å². The summed E-state index contributed by atoms with van der Waals surface area (Å²) in [5.74, 6) is -0.625. The maximum atomic E-state index is 12.4. The second-order valence-corrected chi connectivity index (χ2v) is 6.76. The van der Waals surface area contributed by atoms with Crippen molar-refractivity contribution >= 4 is 15.9 Å². The second-order valence-electron chi connectivity index (χ2n) is 5.05. The lowest BCUT2D eigenvalue weighted by Gasteiger charge is -2.31. The number of rotatable bonds is 6. The number of primary amides is 1. The number of nitriles is 1. The van der Waals surface area contributed by atoms with Crippen LogP contribution in [-0.4, -0.2) is 46.3 Å². The van der Waals surface area contributed by atoms with Crippen LogP contribution in [0.5, 0.6) is 0 Å². The molecule has 8 nitrogen and oxygen atoms in total. The Morgan fingerprint density at radius 1 is 1.52 bits per heavy atom. The molecule has 3 N–H and O–H groups in total. The highest BCUT2D eigenvalue weighted by molar-refractivity contribution is 7.89. The number of sulfonamides is 1. The Hall–Kier alpha value is -1.99. The summed E-state index contributed by atoms with van der Waals surface area (Å²) >= 11 is 0. The summed E-state index contributed by atoms with van der Waals surface area (Å²) < 4.78 is 38.0. The van der Waals surface area contributed by atoms with Gasteiger partial charge in [-0.3, -0.25) is 4.79 Å². The molecule has 1 aliphatic rings. The number of nitrogens with one attached hydrogen (secondary N) is 1. The molecule has 0 aliphatic carbocycles. The van der Waals surface area contributed by atoms with Gasteiger partial charge >= 0.3 is 0 Å². The molecule has 0 radical (unpaired) electrons. The van der Waals surface area contributed by atoms with Gasteiger partial charge in [0, 0.05) is 6.61 Å². The molecular formula is C14H17N3O5S. The van der Waals surface area contributed by atoms with E-state index < -0.39 is 28.1 Å². The number of carbonyl (C=O) groups excluding carboxylic acids is 1. The van der Waals surface area contributed by atoms with Gasteiger partial charge in [-0.1, -0.05) is 6.07 Å². The molecule has 0 bridgehead atoms. The van der Waals surface area contributed by atoms with Gasteiger partial charge in [-0.2, -0.15) is 5.26 Å². The quantitative estimate of drug-likeness (QED) is 0.718. The molecule has 1 amide bonds. The van der Waals surface area contributed by atoms with Crippen LogP contribution in [0.2, 0.25) is 0 Å². The average Bonchev–Trinajstić information content (AvgIpc) is 2.53. The monoisotopic (exact) mass is 339 g/mol. The molecule has 1 aromatic carbocycles. The molecule has 0 aromatic heterocycles. The lowest BCUT2D eigenvalue weighted by molar-refractivity contribution is -0.127. The molecule has 23 heavy (non-hydrogen) atoms. The summed E-state index contributed by atoms with van der Waals surface area (Å²) in [6.07, 6.45) is -0.0659. The first-order valence-corrected chi connectivity index (χ1v) is 8.41. The number of benzene rings is 1. The van der Waals surface area contributed by atoms with Crippen molar-refractivity contribution in [2.75, 3.05) is 19.8 Å². The molecule has 0 spiro atoms. The summed E-state index contributed by atoms with van der Waals surface area (Å²) in [7, 11) is -3.84. The molecular weight excluding hydrogens is 322 g/mol. The number of amides is 1. The SMILES string of the molecule is N#Cc1cccc(S(=O)(=O)N[C@H]2COCC[C@H]2OCC(N)=O)c1. The third-order valence-electron chi connectivity index (χ3n) is 3.31. The van der Waals surface area contributed by atoms with Crippen molar-refractivity contribution < 1.29 is 22.7 Å². The Morgan fingerprint density at radius 2 is 2.30 bits per heavy atom. The number of carbonyl (C=O) groups is 1. The zero-order chi connectivity index (χ0) is 16.9. The highest BCUT2D eigenvalue weighted by atomic mass is 32.2. The van der Waals surface area contributed by atoms with Gasteiger partial charge in [-0.25, -0.2) is 13.1 Å². The predicted octanol–water partition coefficient (Wildman–Crippen LogP) is -0.504. The number of hydrogen-bond acceptors (Lipinski definition) is 6. The van der Waals surface area contributed by atoms with E-state index >= 15 is 0 Å². The van der Waals surface area contributed by atoms with Crippen LogP contribution in [0, 0.1) is 11.3 Å². The van der Waals surface area contributed by atoms with E-state index in [0.29, 0.717) is 13.0 Å². The van der Waals surface area contributed by atoms with Crippen LogP contribution in [0.3, 0.4) is 0 Å². The lowest BCUT2D eigenvalue weighted by atomic mass is 10.1. The smallest absolute Gasteiger partial charge is 0.243 e. The third kappa shape index (κ3) is 4.74. The molecule has 1 saturated heterocycles. The number of hydrogen-bond donors (Lipinski definition) is 2. The van der Waals surface area contributed by atoms with Crippen LogP contribution >= 0.6 is 0 Å². The first kappa shape index (κ1) is 17.4. The van der Waals surface area contributed by atoms with Crippen molar-refractivity contribution in [3.63, 3.8) is 0 Å². The van der Waals surface area contributed by atoms with Gasteiger partial charge in [-0.15, -0.1) is 0 Å². The fourth-order valence-corrected chi connectivity index (χ4v) is 3.51. The van der Waals surface area contributed by atoms with Crippen molar-refractivity contribution in [3.8, 4) is 6.07 Å². The van der Waals surface area contributed by atoms with E-state index in [0.717, 1.165) is 0 Å². The van der Waals surface area contributed by atoms with E-state index in [-0.39, 0.29) is 23.7 Å². The first-order chi connectivity index (χ1) is 10.9. The molecule has 124 valence electrons. The summed E-state index contributed by atoms with van der Waals surface area (Å²) in [6.45, 7) is 0.249. The van der Waals surface area contributed by atoms with Crippen LogP contribution in [0.1, 0.15) is 12.0 Å². The van der Waals surface area contributed by atoms with E-state index in [2.05, 4.69) is 4.72 Å². The third-order valence-corrected chi connectivity index (χ3v) is 4.80. The maximum Gasteiger partial charge on any atom is 0.243 e. The Bertz CT molecular complexity index is 713. The van der Waals surface area contributed by atoms with Crippen molar-refractivity contribution in [1.29, 1.82) is 5.26 Å². The molecule has 9 heteroatoms. The van der Waals surface area contributed by atoms with Gasteiger partial charge in [0.1, 0.15) is 6.61 Å². The largest absolute Gasteiger partial charge is 0.380 e. The number of nitrogens with two attached hydrogens (primary N) is 1. The van der Waals surface area contributed by atoms with Crippen molar-refractivity contribution in [2.24, 2.45) is 5.73 Å². The van der Waals surface area contributed by atoms with E-state index in [4.69, 9.17) is 20.5 Å². The van der Waals surface area contributed by atoms with Gasteiger partial charge in [0.2, 0.25) is 15.9 Å². The molecule has 1 fully saturated rings. The minimum atomic E-state index is -3.84. The van der Waals surface area contributed by atoms with Crippen molar-refractivity contribution in [1.82, 2.24) is 4.72 Å². The molecule has 0 unspecified atom stereocenters. The van der Waals surface area contributed by atoms with Crippen LogP contribution in [0.25, 0.3) is 0 Å². The minimum absolute atomic E-state index is 0.0178. The van der Waals surface area contributed by atoms with Gasteiger partial charge in [-0.05, 0) is 24.6 Å². The standard InChI is InChI=1S/C14H17N3O5S/c15-7-10-2-1-3-11(6-10)23(19,20)17-12-8-21-5-4-13(12)22-9-14(16)18/h1-3,6,12-13,17H,4-5,8-9H2,(H2,16,18)/t12-,13+/m0/s1. The predicted molar refractivity (Wildman–Crippen MR) is 79.6 cm³/mol. The van der Waals surface area contributed by atoms with Crippen LogP contribution < -0.4 is 10.5 Å². The highest BCUT2D eigenvalue weighted by Gasteiger charge is 2.31. The van der Waals surface area contributed by atoms with Gasteiger partial charge in [0.25, 0.3) is 0 Å². The molecule has 1 heterocycles. The highest BCUT2D eigenvalue weighted by Crippen LogP contribution is 2.16. The summed E-state index contributed by atoms with van der Waals surface area (Å²) in [5, 5.41) is 8.86. The summed E-state index contributed by atoms with van der Waals surface area (Å²) in [5.41, 5.74) is 5.29. The number of nitrogens with zero attached hydrogens (tertiary/aromatic N) is 1. The number of ether oxygens (including phenoxy) is 2. The van der Waals surface area contributed by atoms with E-state index in [9.17, 15) is 13.2 Å². The Labute approximate surface area is 134 Å². The Morgan fingerprint density at radius 3 is 3.00 bits per heavy atom. The minimum Gasteiger partial charge on any atom is -0.380 e. The van der Waals surface area contributed by atoms with E-state index in [1.807, 2.05) is 6.07 Å². The zero-order valence-electron chi connectivity index (χ0n) is 12.3. The zero-order valence-corrected chi connectivity index (χ0v) is 13.1. The van der Waals surface area contributed by atoms with E-state index in [1.165, 1.54) is 24.3 Å². The van der Waals surface area contributed by atoms with Gasteiger partial charge in [0.15, 0.2) is 0 Å². The lowest BCUT2D eigenvalue weighted by Crippen LogP contribution is -2.51. The Balaban J connectivity index is 2.13. The van der Waals surface area contributed by atoms with E-state index in [1.54, 1.807) is 0 Å². The van der Waals surface area contributed by atoms with Crippen LogP contribution in [0.15, 0.2) is 29.2 Å². The summed E-state index contributed by atoms with van der Waals surface area (Å²) in [6, 6.07) is 6.94. The fraction of sp³-hybridized carbons (Fsp3) is 0.429. The molecule has 1 aromatic rings. The van der Waals surface area contributed by atoms with Crippen molar-refractivity contribution in [2.45, 2.75) is 23.5 Å². The molecule has 2 rings (SSSR count). The van der Waals surface area contributed by atoms with Gasteiger partial charge < -0.3 is 15.2 Å². The fourth-order valence-electron chi connectivity index (χ4n) is 2.22. The van der Waals surface area contributed by atoms with Crippen molar-refractivity contribution in [3.05, 3.63) is 29.8 Å². The molecule has 1 aliphatic heterocycles. The first-order valence-electron chi connectivity index (χ1n) is 6.92. The topological polar surface area (TPSA) is 132 Å². The normalized spacial score (nSPS) is 21.5. The van der Waals surface area contributed by atoms with Gasteiger partial charge in [0.05, 0.1) is 35.3 Å².